The first-order valence-electron chi connectivity index (χ1n) is 4.29. The van der Waals surface area contributed by atoms with E-state index in [-0.39, 0.29) is 23.1 Å². The van der Waals surface area contributed by atoms with Crippen LogP contribution in [0.15, 0.2) is 6.07 Å². The molecule has 0 aliphatic heterocycles. The molecular formula is C9H9BrF2N2O2. The van der Waals surface area contributed by atoms with Crippen LogP contribution in [0.2, 0.25) is 0 Å². The molecule has 0 saturated carbocycles. The summed E-state index contributed by atoms with van der Waals surface area (Å²) >= 11 is 3.10. The highest BCUT2D eigenvalue weighted by atomic mass is 79.9. The van der Waals surface area contributed by atoms with Crippen molar-refractivity contribution in [2.45, 2.75) is 18.2 Å². The van der Waals surface area contributed by atoms with Gasteiger partial charge in [0, 0.05) is 5.33 Å². The fourth-order valence-electron chi connectivity index (χ4n) is 1.23. The second-order valence-electron chi connectivity index (χ2n) is 3.07. The summed E-state index contributed by atoms with van der Waals surface area (Å²) in [6.07, 6.45) is -3.11. The van der Waals surface area contributed by atoms with E-state index < -0.39 is 18.0 Å². The average molecular weight is 295 g/mol. The van der Waals surface area contributed by atoms with Crippen molar-refractivity contribution in [2.75, 3.05) is 5.73 Å². The van der Waals surface area contributed by atoms with Gasteiger partial charge in [-0.2, -0.15) is 0 Å². The quantitative estimate of drug-likeness (QED) is 0.834. The predicted octanol–water partition coefficient (Wildman–Crippen LogP) is 2.12. The molecule has 0 unspecified atom stereocenters. The number of hydrogen-bond acceptors (Lipinski definition) is 3. The number of carbonyl (C=O) groups is 1. The Morgan fingerprint density at radius 2 is 2.25 bits per heavy atom. The van der Waals surface area contributed by atoms with Crippen LogP contribution < -0.4 is 5.73 Å². The summed E-state index contributed by atoms with van der Waals surface area (Å²) in [7, 11) is 0. The highest BCUT2D eigenvalue weighted by Crippen LogP contribution is 2.26. The molecule has 0 fully saturated rings. The Hall–Kier alpha value is -1.24. The third-order valence-corrected chi connectivity index (χ3v) is 2.49. The predicted molar refractivity (Wildman–Crippen MR) is 57.6 cm³/mol. The van der Waals surface area contributed by atoms with Crippen LogP contribution in [-0.2, 0) is 16.5 Å². The van der Waals surface area contributed by atoms with Crippen LogP contribution in [0.25, 0.3) is 0 Å². The maximum Gasteiger partial charge on any atom is 0.307 e. The summed E-state index contributed by atoms with van der Waals surface area (Å²) in [6, 6.07) is 1.09. The number of pyridine rings is 1. The molecule has 0 aromatic carbocycles. The van der Waals surface area contributed by atoms with Crippen LogP contribution in [0, 0.1) is 0 Å². The van der Waals surface area contributed by atoms with E-state index in [1.165, 1.54) is 0 Å². The molecule has 7 heteroatoms. The SMILES string of the molecule is Nc1nc(CBr)c(CC(=O)O)cc1C(F)F. The number of nitrogens with zero attached hydrogens (tertiary/aromatic N) is 1. The molecule has 0 spiro atoms. The number of nitrogen functional groups attached to an aromatic ring is 1. The number of carboxylic acid groups (broad SMARTS) is 1. The van der Waals surface area contributed by atoms with E-state index in [0.29, 0.717) is 5.69 Å². The highest BCUT2D eigenvalue weighted by molar-refractivity contribution is 9.08. The van der Waals surface area contributed by atoms with Gasteiger partial charge in [-0.05, 0) is 11.6 Å². The van der Waals surface area contributed by atoms with Crippen LogP contribution in [-0.4, -0.2) is 16.1 Å². The van der Waals surface area contributed by atoms with Gasteiger partial charge in [0.2, 0.25) is 0 Å². The summed E-state index contributed by atoms with van der Waals surface area (Å²) in [5.74, 6) is -1.37. The monoisotopic (exact) mass is 294 g/mol. The first kappa shape index (κ1) is 12.8. The van der Waals surface area contributed by atoms with Crippen molar-refractivity contribution < 1.29 is 18.7 Å². The first-order chi connectivity index (χ1) is 7.45. The van der Waals surface area contributed by atoms with E-state index in [2.05, 4.69) is 20.9 Å². The number of aliphatic carboxylic acids is 1. The van der Waals surface area contributed by atoms with Gasteiger partial charge in [-0.1, -0.05) is 15.9 Å². The van der Waals surface area contributed by atoms with Gasteiger partial charge < -0.3 is 10.8 Å². The molecule has 4 nitrogen and oxygen atoms in total. The molecule has 0 radical (unpaired) electrons. The van der Waals surface area contributed by atoms with Crippen molar-refractivity contribution in [2.24, 2.45) is 0 Å². The topological polar surface area (TPSA) is 76.2 Å². The van der Waals surface area contributed by atoms with E-state index in [4.69, 9.17) is 10.8 Å². The second-order valence-corrected chi connectivity index (χ2v) is 3.63. The van der Waals surface area contributed by atoms with Crippen molar-refractivity contribution in [3.63, 3.8) is 0 Å². The van der Waals surface area contributed by atoms with Gasteiger partial charge in [0.1, 0.15) is 5.82 Å². The lowest BCUT2D eigenvalue weighted by atomic mass is 10.1. The van der Waals surface area contributed by atoms with Crippen LogP contribution in [0.5, 0.6) is 0 Å². The van der Waals surface area contributed by atoms with Gasteiger partial charge in [0.05, 0.1) is 17.7 Å². The lowest BCUT2D eigenvalue weighted by molar-refractivity contribution is -0.136. The molecular weight excluding hydrogens is 286 g/mol. The van der Waals surface area contributed by atoms with E-state index in [1.54, 1.807) is 0 Å². The smallest absolute Gasteiger partial charge is 0.307 e. The third-order valence-electron chi connectivity index (χ3n) is 1.95. The Balaban J connectivity index is 3.22. The lowest BCUT2D eigenvalue weighted by Gasteiger charge is -2.10. The van der Waals surface area contributed by atoms with E-state index >= 15 is 0 Å². The van der Waals surface area contributed by atoms with Crippen molar-refractivity contribution in [3.05, 3.63) is 22.9 Å². The Bertz CT molecular complexity index is 413. The van der Waals surface area contributed by atoms with E-state index in [1.807, 2.05) is 0 Å². The fraction of sp³-hybridized carbons (Fsp3) is 0.333. The lowest BCUT2D eigenvalue weighted by Crippen LogP contribution is -2.09. The van der Waals surface area contributed by atoms with Gasteiger partial charge in [-0.15, -0.1) is 0 Å². The zero-order valence-electron chi connectivity index (χ0n) is 8.08. The van der Waals surface area contributed by atoms with Crippen LogP contribution >= 0.6 is 15.9 Å². The van der Waals surface area contributed by atoms with E-state index in [0.717, 1.165) is 6.07 Å². The standard InChI is InChI=1S/C9H9BrF2N2O2/c10-3-6-4(2-7(15)16)1-5(8(11)12)9(13)14-6/h1,8H,2-3H2,(H2,13,14)(H,15,16). The zero-order chi connectivity index (χ0) is 12.3. The molecule has 1 rings (SSSR count). The third kappa shape index (κ3) is 2.88. The number of hydrogen-bond donors (Lipinski definition) is 2. The molecule has 0 atom stereocenters. The number of carboxylic acids is 1. The summed E-state index contributed by atoms with van der Waals surface area (Å²) < 4.78 is 25.0. The minimum atomic E-state index is -2.76. The summed E-state index contributed by atoms with van der Waals surface area (Å²) in [5.41, 5.74) is 5.52. The summed E-state index contributed by atoms with van der Waals surface area (Å²) in [5, 5.41) is 8.89. The van der Waals surface area contributed by atoms with Gasteiger partial charge >= 0.3 is 5.97 Å². The average Bonchev–Trinajstić information content (AvgIpc) is 2.18. The molecule has 0 aliphatic carbocycles. The Morgan fingerprint density at radius 3 is 2.69 bits per heavy atom. The molecule has 0 amide bonds. The number of anilines is 1. The molecule has 0 aliphatic rings. The van der Waals surface area contributed by atoms with Gasteiger partial charge in [-0.25, -0.2) is 13.8 Å². The highest BCUT2D eigenvalue weighted by Gasteiger charge is 2.17. The molecule has 0 bridgehead atoms. The largest absolute Gasteiger partial charge is 0.481 e. The zero-order valence-corrected chi connectivity index (χ0v) is 9.67. The molecule has 3 N–H and O–H groups in total. The van der Waals surface area contributed by atoms with Crippen molar-refractivity contribution in [1.82, 2.24) is 4.98 Å². The summed E-state index contributed by atoms with van der Waals surface area (Å²) in [6.45, 7) is 0. The molecule has 1 aromatic rings. The van der Waals surface area contributed by atoms with Gasteiger partial charge in [0.25, 0.3) is 6.43 Å². The number of alkyl halides is 3. The molecule has 1 heterocycles. The Labute approximate surface area is 98.6 Å². The Morgan fingerprint density at radius 1 is 1.62 bits per heavy atom. The second kappa shape index (κ2) is 5.20. The van der Waals surface area contributed by atoms with Crippen molar-refractivity contribution in [1.29, 1.82) is 0 Å². The first-order valence-corrected chi connectivity index (χ1v) is 5.42. The minimum Gasteiger partial charge on any atom is -0.481 e. The van der Waals surface area contributed by atoms with E-state index in [9.17, 15) is 13.6 Å². The molecule has 0 saturated heterocycles. The maximum absolute atomic E-state index is 12.5. The number of rotatable bonds is 4. The van der Waals surface area contributed by atoms with Crippen LogP contribution in [0.4, 0.5) is 14.6 Å². The number of aromatic nitrogens is 1. The van der Waals surface area contributed by atoms with Crippen LogP contribution in [0.1, 0.15) is 23.2 Å². The number of nitrogens with two attached hydrogens (primary N) is 1. The molecule has 16 heavy (non-hydrogen) atoms. The Kier molecular flexibility index (Phi) is 4.17. The molecule has 88 valence electrons. The normalized spacial score (nSPS) is 10.8. The van der Waals surface area contributed by atoms with Crippen molar-refractivity contribution >= 4 is 27.7 Å². The maximum atomic E-state index is 12.5. The summed E-state index contributed by atoms with van der Waals surface area (Å²) in [4.78, 5) is 14.3. The van der Waals surface area contributed by atoms with Gasteiger partial charge in [0.15, 0.2) is 0 Å². The van der Waals surface area contributed by atoms with Crippen molar-refractivity contribution in [3.8, 4) is 0 Å². The van der Waals surface area contributed by atoms with Crippen LogP contribution in [0.3, 0.4) is 0 Å². The molecule has 1 aromatic heterocycles. The van der Waals surface area contributed by atoms with Gasteiger partial charge in [-0.3, -0.25) is 4.79 Å². The fourth-order valence-corrected chi connectivity index (χ4v) is 1.72. The minimum absolute atomic E-state index is 0.244. The number of halogens is 3.